The molecule has 1 atom stereocenters. The lowest BCUT2D eigenvalue weighted by Gasteiger charge is -2.25. The second-order valence-corrected chi connectivity index (χ2v) is 5.79. The van der Waals surface area contributed by atoms with E-state index in [1.807, 2.05) is 4.90 Å². The van der Waals surface area contributed by atoms with Gasteiger partial charge < -0.3 is 15.0 Å². The first-order valence-corrected chi connectivity index (χ1v) is 7.94. The maximum absolute atomic E-state index is 13.6. The van der Waals surface area contributed by atoms with Crippen molar-refractivity contribution in [2.24, 2.45) is 0 Å². The number of pyridine rings is 1. The van der Waals surface area contributed by atoms with Gasteiger partial charge in [0.2, 0.25) is 5.95 Å². The topological polar surface area (TPSA) is 37.4 Å². The van der Waals surface area contributed by atoms with Crippen LogP contribution in [0.3, 0.4) is 0 Å². The van der Waals surface area contributed by atoms with E-state index in [2.05, 4.69) is 22.9 Å². The molecule has 0 fully saturated rings. The molecule has 0 saturated heterocycles. The fourth-order valence-electron chi connectivity index (χ4n) is 2.66. The smallest absolute Gasteiger partial charge is 0.213 e. The average Bonchev–Trinajstić information content (AvgIpc) is 2.90. The van der Waals surface area contributed by atoms with Crippen LogP contribution in [0.5, 0.6) is 0 Å². The lowest BCUT2D eigenvalue weighted by Crippen LogP contribution is -2.34. The van der Waals surface area contributed by atoms with Gasteiger partial charge in [0.1, 0.15) is 11.3 Å². The fraction of sp³-hybridized carbons (Fsp3) is 0.235. The maximum Gasteiger partial charge on any atom is 0.213 e. The highest BCUT2D eigenvalue weighted by molar-refractivity contribution is 7.80. The molecule has 126 valence electrons. The fourth-order valence-corrected chi connectivity index (χ4v) is 3.02. The van der Waals surface area contributed by atoms with E-state index >= 15 is 0 Å². The summed E-state index contributed by atoms with van der Waals surface area (Å²) >= 11 is 4.56. The van der Waals surface area contributed by atoms with Crippen molar-refractivity contribution in [3.8, 4) is 0 Å². The van der Waals surface area contributed by atoms with E-state index in [1.165, 1.54) is 24.4 Å². The second kappa shape index (κ2) is 7.19. The molecule has 2 aromatic rings. The largest absolute Gasteiger partial charge is 0.383 e. The standard InChI is InChI=1S/C17H17F2N3OS/c1-23-9-8-22-16(12-6-7-20-14(19)10-12)15(21-17(22)24)11-2-4-13(18)5-3-11/h2-7,10,17,21,24H,8-9H2,1H3. The van der Waals surface area contributed by atoms with E-state index in [0.717, 1.165) is 17.0 Å². The molecule has 0 amide bonds. The summed E-state index contributed by atoms with van der Waals surface area (Å²) in [6.07, 6.45) is 1.42. The Balaban J connectivity index is 2.10. The molecule has 0 aliphatic carbocycles. The molecule has 1 aromatic carbocycles. The van der Waals surface area contributed by atoms with Crippen molar-refractivity contribution in [1.29, 1.82) is 0 Å². The molecule has 0 spiro atoms. The molecule has 0 bridgehead atoms. The summed E-state index contributed by atoms with van der Waals surface area (Å²) in [5.74, 6) is -0.875. The van der Waals surface area contributed by atoms with E-state index in [9.17, 15) is 8.78 Å². The average molecular weight is 349 g/mol. The summed E-state index contributed by atoms with van der Waals surface area (Å²) in [6.45, 7) is 1.06. The molecule has 4 nitrogen and oxygen atoms in total. The van der Waals surface area contributed by atoms with Crippen molar-refractivity contribution in [3.05, 3.63) is 65.5 Å². The second-order valence-electron chi connectivity index (χ2n) is 5.30. The van der Waals surface area contributed by atoms with Gasteiger partial charge in [-0.2, -0.15) is 4.39 Å². The Kier molecular flexibility index (Phi) is 5.01. The lowest BCUT2D eigenvalue weighted by atomic mass is 10.1. The Labute approximate surface area is 144 Å². The molecule has 1 N–H and O–H groups in total. The minimum absolute atomic E-state index is 0.300. The monoisotopic (exact) mass is 349 g/mol. The molecule has 0 saturated carbocycles. The minimum Gasteiger partial charge on any atom is -0.383 e. The third-order valence-corrected chi connectivity index (χ3v) is 4.17. The molecule has 24 heavy (non-hydrogen) atoms. The minimum atomic E-state index is -0.562. The van der Waals surface area contributed by atoms with Gasteiger partial charge in [-0.25, -0.2) is 9.37 Å². The van der Waals surface area contributed by atoms with E-state index < -0.39 is 5.95 Å². The Morgan fingerprint density at radius 2 is 1.96 bits per heavy atom. The van der Waals surface area contributed by atoms with Crippen molar-refractivity contribution in [2.45, 2.75) is 5.50 Å². The van der Waals surface area contributed by atoms with Crippen LogP contribution in [0.25, 0.3) is 11.4 Å². The van der Waals surface area contributed by atoms with Crippen molar-refractivity contribution in [3.63, 3.8) is 0 Å². The number of thiol groups is 1. The van der Waals surface area contributed by atoms with E-state index in [1.54, 1.807) is 25.3 Å². The number of nitrogens with zero attached hydrogens (tertiary/aromatic N) is 2. The summed E-state index contributed by atoms with van der Waals surface area (Å²) in [4.78, 5) is 5.58. The summed E-state index contributed by atoms with van der Waals surface area (Å²) < 4.78 is 32.0. The number of rotatable bonds is 5. The predicted octanol–water partition coefficient (Wildman–Crippen LogP) is 2.95. The van der Waals surface area contributed by atoms with Crippen molar-refractivity contribution in [2.75, 3.05) is 20.3 Å². The van der Waals surface area contributed by atoms with Gasteiger partial charge in [0.25, 0.3) is 0 Å². The van der Waals surface area contributed by atoms with Gasteiger partial charge in [0, 0.05) is 37.0 Å². The van der Waals surface area contributed by atoms with Crippen LogP contribution in [0, 0.1) is 11.8 Å². The predicted molar refractivity (Wildman–Crippen MR) is 91.9 cm³/mol. The number of ether oxygens (including phenoxy) is 1. The van der Waals surface area contributed by atoms with Gasteiger partial charge in [-0.1, -0.05) is 0 Å². The third-order valence-electron chi connectivity index (χ3n) is 3.76. The highest BCUT2D eigenvalue weighted by Gasteiger charge is 2.30. The third kappa shape index (κ3) is 3.37. The number of benzene rings is 1. The van der Waals surface area contributed by atoms with Crippen LogP contribution in [-0.4, -0.2) is 35.6 Å². The molecule has 7 heteroatoms. The molecule has 1 aliphatic rings. The molecule has 0 radical (unpaired) electrons. The van der Waals surface area contributed by atoms with Gasteiger partial charge in [-0.05, 0) is 30.3 Å². The van der Waals surface area contributed by atoms with Crippen molar-refractivity contribution in [1.82, 2.24) is 15.2 Å². The van der Waals surface area contributed by atoms with Gasteiger partial charge in [0.15, 0.2) is 0 Å². The molecule has 3 rings (SSSR count). The quantitative estimate of drug-likeness (QED) is 0.643. The number of nitrogens with one attached hydrogen (secondary N) is 1. The maximum atomic E-state index is 13.6. The normalized spacial score (nSPS) is 17.3. The van der Waals surface area contributed by atoms with E-state index in [-0.39, 0.29) is 11.3 Å². The Hall–Kier alpha value is -2.12. The first kappa shape index (κ1) is 16.7. The lowest BCUT2D eigenvalue weighted by molar-refractivity contribution is 0.171. The molecule has 2 heterocycles. The zero-order valence-electron chi connectivity index (χ0n) is 13.0. The number of methoxy groups -OCH3 is 1. The molecular weight excluding hydrogens is 332 g/mol. The van der Waals surface area contributed by atoms with Crippen LogP contribution in [0.15, 0.2) is 42.6 Å². The first-order valence-electron chi connectivity index (χ1n) is 7.42. The summed E-state index contributed by atoms with van der Waals surface area (Å²) in [5.41, 5.74) is 2.70. The zero-order valence-corrected chi connectivity index (χ0v) is 13.9. The van der Waals surface area contributed by atoms with Crippen molar-refractivity contribution >= 4 is 24.0 Å². The SMILES string of the molecule is COCCN1C(c2ccnc(F)c2)=C(c2ccc(F)cc2)NC1S. The molecule has 1 aliphatic heterocycles. The summed E-state index contributed by atoms with van der Waals surface area (Å²) in [5, 5.41) is 3.27. The number of hydrogen-bond acceptors (Lipinski definition) is 5. The van der Waals surface area contributed by atoms with Gasteiger partial charge in [-0.3, -0.25) is 0 Å². The highest BCUT2D eigenvalue weighted by atomic mass is 32.1. The van der Waals surface area contributed by atoms with Gasteiger partial charge in [0.05, 0.1) is 18.0 Å². The number of hydrogen-bond donors (Lipinski definition) is 2. The van der Waals surface area contributed by atoms with Crippen LogP contribution in [-0.2, 0) is 4.74 Å². The van der Waals surface area contributed by atoms with Crippen LogP contribution >= 0.6 is 12.6 Å². The number of halogens is 2. The highest BCUT2D eigenvalue weighted by Crippen LogP contribution is 2.35. The van der Waals surface area contributed by atoms with Crippen LogP contribution in [0.2, 0.25) is 0 Å². The van der Waals surface area contributed by atoms with Gasteiger partial charge in [-0.15, -0.1) is 12.6 Å². The Morgan fingerprint density at radius 3 is 2.62 bits per heavy atom. The Bertz CT molecular complexity index is 752. The first-order chi connectivity index (χ1) is 11.6. The Morgan fingerprint density at radius 1 is 1.21 bits per heavy atom. The summed E-state index contributed by atoms with van der Waals surface area (Å²) in [6, 6.07) is 9.23. The molecular formula is C17H17F2N3OS. The zero-order chi connectivity index (χ0) is 17.1. The van der Waals surface area contributed by atoms with Crippen molar-refractivity contribution < 1.29 is 13.5 Å². The van der Waals surface area contributed by atoms with E-state index in [4.69, 9.17) is 4.74 Å². The molecule has 1 aromatic heterocycles. The molecule has 1 unspecified atom stereocenters. The van der Waals surface area contributed by atoms with Gasteiger partial charge >= 0.3 is 0 Å². The van der Waals surface area contributed by atoms with E-state index in [0.29, 0.717) is 18.7 Å². The van der Waals surface area contributed by atoms with Crippen LogP contribution in [0.1, 0.15) is 11.1 Å². The summed E-state index contributed by atoms with van der Waals surface area (Å²) in [7, 11) is 1.62. The van der Waals surface area contributed by atoms with Crippen LogP contribution in [0.4, 0.5) is 8.78 Å². The number of aromatic nitrogens is 1. The van der Waals surface area contributed by atoms with Crippen LogP contribution < -0.4 is 5.32 Å².